The lowest BCUT2D eigenvalue weighted by Crippen LogP contribution is -2.13. The number of rotatable bonds is 0. The Labute approximate surface area is 83.4 Å². The molecule has 2 nitrogen and oxygen atoms in total. The first-order valence-electron chi connectivity index (χ1n) is 3.98. The Bertz CT molecular complexity index is 358. The molecule has 0 spiro atoms. The van der Waals surface area contributed by atoms with Crippen LogP contribution in [0.3, 0.4) is 0 Å². The quantitative estimate of drug-likeness (QED) is 0.577. The van der Waals surface area contributed by atoms with Crippen LogP contribution in [0.4, 0.5) is 5.69 Å². The van der Waals surface area contributed by atoms with Crippen LogP contribution < -0.4 is 0 Å². The summed E-state index contributed by atoms with van der Waals surface area (Å²) in [6, 6.07) is 1.65. The Morgan fingerprint density at radius 3 is 2.46 bits per heavy atom. The first-order valence-corrected chi connectivity index (χ1v) is 4.36. The van der Waals surface area contributed by atoms with Crippen molar-refractivity contribution in [3.63, 3.8) is 0 Å². The molecule has 0 N–H and O–H groups in total. The van der Waals surface area contributed by atoms with E-state index in [-0.39, 0.29) is 5.41 Å². The number of pyridine rings is 1. The number of nitrogens with zero attached hydrogens (tertiary/aromatic N) is 2. The minimum Gasteiger partial charge on any atom is -0.271 e. The fourth-order valence-electron chi connectivity index (χ4n) is 1.04. The van der Waals surface area contributed by atoms with E-state index in [0.29, 0.717) is 10.7 Å². The second kappa shape index (κ2) is 3.35. The van der Waals surface area contributed by atoms with E-state index in [1.807, 2.05) is 20.8 Å². The van der Waals surface area contributed by atoms with E-state index in [0.717, 1.165) is 5.69 Å². The summed E-state index contributed by atoms with van der Waals surface area (Å²) >= 11 is 5.99. The summed E-state index contributed by atoms with van der Waals surface area (Å²) in [6.07, 6.45) is 1.56. The lowest BCUT2D eigenvalue weighted by molar-refractivity contribution is 0.569. The fourth-order valence-corrected chi connectivity index (χ4v) is 1.48. The second-order valence-electron chi connectivity index (χ2n) is 3.89. The average Bonchev–Trinajstić information content (AvgIpc) is 2.01. The van der Waals surface area contributed by atoms with Gasteiger partial charge in [-0.05, 0) is 6.07 Å². The van der Waals surface area contributed by atoms with E-state index in [2.05, 4.69) is 9.83 Å². The summed E-state index contributed by atoms with van der Waals surface area (Å²) in [6.45, 7) is 12.9. The summed E-state index contributed by atoms with van der Waals surface area (Å²) < 4.78 is 0. The van der Waals surface area contributed by atoms with Crippen LogP contribution in [0.15, 0.2) is 12.3 Å². The van der Waals surface area contributed by atoms with Gasteiger partial charge in [-0.25, -0.2) is 4.85 Å². The topological polar surface area (TPSA) is 17.2 Å². The maximum absolute atomic E-state index is 6.79. The first kappa shape index (κ1) is 10.0. The van der Waals surface area contributed by atoms with Crippen molar-refractivity contribution in [2.75, 3.05) is 0 Å². The smallest absolute Gasteiger partial charge is 0.206 e. The van der Waals surface area contributed by atoms with Gasteiger partial charge < -0.3 is 0 Å². The van der Waals surface area contributed by atoms with Crippen LogP contribution in [0.2, 0.25) is 5.02 Å². The molecule has 3 heteroatoms. The van der Waals surface area contributed by atoms with Gasteiger partial charge >= 0.3 is 0 Å². The van der Waals surface area contributed by atoms with Gasteiger partial charge in [0.15, 0.2) is 0 Å². The molecule has 0 aromatic carbocycles. The van der Waals surface area contributed by atoms with Crippen molar-refractivity contribution in [1.82, 2.24) is 4.98 Å². The average molecular weight is 195 g/mol. The molecule has 0 unspecified atom stereocenters. The minimum atomic E-state index is -0.0718. The third-order valence-corrected chi connectivity index (χ3v) is 1.95. The Balaban J connectivity index is 3.23. The lowest BCUT2D eigenvalue weighted by atomic mass is 9.91. The van der Waals surface area contributed by atoms with Crippen molar-refractivity contribution in [1.29, 1.82) is 0 Å². The van der Waals surface area contributed by atoms with Gasteiger partial charge in [0.25, 0.3) is 0 Å². The summed E-state index contributed by atoms with van der Waals surface area (Å²) in [5.41, 5.74) is 1.25. The molecule has 0 bridgehead atoms. The standard InChI is InChI=1S/C10H11ClN2/c1-10(2,3)9-8(11)5-7(12-4)6-13-9/h5-6H,1-3H3. The molecule has 0 aliphatic heterocycles. The molecule has 0 radical (unpaired) electrons. The minimum absolute atomic E-state index is 0.0718. The zero-order chi connectivity index (χ0) is 10.1. The maximum Gasteiger partial charge on any atom is 0.206 e. The van der Waals surface area contributed by atoms with E-state index in [1.54, 1.807) is 12.3 Å². The second-order valence-corrected chi connectivity index (χ2v) is 4.29. The van der Waals surface area contributed by atoms with Gasteiger partial charge in [-0.15, -0.1) is 0 Å². The largest absolute Gasteiger partial charge is 0.271 e. The summed E-state index contributed by atoms with van der Waals surface area (Å²) in [5, 5.41) is 0.570. The van der Waals surface area contributed by atoms with Crippen molar-refractivity contribution in [3.05, 3.63) is 34.4 Å². The van der Waals surface area contributed by atoms with Crippen molar-refractivity contribution < 1.29 is 0 Å². The summed E-state index contributed by atoms with van der Waals surface area (Å²) in [7, 11) is 0. The van der Waals surface area contributed by atoms with Gasteiger partial charge in [0, 0.05) is 11.6 Å². The Morgan fingerprint density at radius 2 is 2.08 bits per heavy atom. The van der Waals surface area contributed by atoms with E-state index >= 15 is 0 Å². The zero-order valence-corrected chi connectivity index (χ0v) is 8.68. The van der Waals surface area contributed by atoms with Gasteiger partial charge in [-0.2, -0.15) is 0 Å². The van der Waals surface area contributed by atoms with Crippen LogP contribution in [0, 0.1) is 6.57 Å². The zero-order valence-electron chi connectivity index (χ0n) is 7.93. The van der Waals surface area contributed by atoms with Crippen molar-refractivity contribution in [2.45, 2.75) is 26.2 Å². The van der Waals surface area contributed by atoms with E-state index in [1.165, 1.54) is 0 Å². The molecule has 0 atom stereocenters. The number of hydrogen-bond acceptors (Lipinski definition) is 1. The molecule has 0 fully saturated rings. The third-order valence-electron chi connectivity index (χ3n) is 1.67. The van der Waals surface area contributed by atoms with Gasteiger partial charge in [0.1, 0.15) is 0 Å². The molecule has 0 saturated carbocycles. The Kier molecular flexibility index (Phi) is 2.58. The SMILES string of the molecule is [C-]#[N+]c1cnc(C(C)(C)C)c(Cl)c1. The van der Waals surface area contributed by atoms with Gasteiger partial charge in [-0.1, -0.05) is 32.4 Å². The molecule has 13 heavy (non-hydrogen) atoms. The molecule has 0 aliphatic carbocycles. The fraction of sp³-hybridized carbons (Fsp3) is 0.400. The molecule has 68 valence electrons. The van der Waals surface area contributed by atoms with Crippen LogP contribution in [0.25, 0.3) is 4.85 Å². The summed E-state index contributed by atoms with van der Waals surface area (Å²) in [4.78, 5) is 7.43. The predicted molar refractivity (Wildman–Crippen MR) is 54.2 cm³/mol. The van der Waals surface area contributed by atoms with Crippen molar-refractivity contribution >= 4 is 17.3 Å². The third kappa shape index (κ3) is 2.19. The predicted octanol–water partition coefficient (Wildman–Crippen LogP) is 3.58. The monoisotopic (exact) mass is 194 g/mol. The number of aromatic nitrogens is 1. The normalized spacial score (nSPS) is 11.0. The molecule has 0 amide bonds. The van der Waals surface area contributed by atoms with E-state index < -0.39 is 0 Å². The summed E-state index contributed by atoms with van der Waals surface area (Å²) in [5.74, 6) is 0. The van der Waals surface area contributed by atoms with Crippen LogP contribution >= 0.6 is 11.6 Å². The molecule has 1 aromatic heterocycles. The molecule has 1 heterocycles. The maximum atomic E-state index is 6.79. The number of hydrogen-bond donors (Lipinski definition) is 0. The van der Waals surface area contributed by atoms with Gasteiger partial charge in [-0.3, -0.25) is 4.98 Å². The van der Waals surface area contributed by atoms with Crippen LogP contribution in [-0.4, -0.2) is 4.98 Å². The first-order chi connectivity index (χ1) is 5.95. The highest BCUT2D eigenvalue weighted by molar-refractivity contribution is 6.31. The van der Waals surface area contributed by atoms with E-state index in [4.69, 9.17) is 18.2 Å². The molecular formula is C10H11ClN2. The van der Waals surface area contributed by atoms with Gasteiger partial charge in [0.2, 0.25) is 5.69 Å². The highest BCUT2D eigenvalue weighted by Crippen LogP contribution is 2.29. The van der Waals surface area contributed by atoms with Crippen LogP contribution in [-0.2, 0) is 5.41 Å². The molecule has 1 rings (SSSR count). The molecule has 0 aliphatic rings. The Hall–Kier alpha value is -1.07. The van der Waals surface area contributed by atoms with Crippen molar-refractivity contribution in [3.8, 4) is 0 Å². The highest BCUT2D eigenvalue weighted by atomic mass is 35.5. The van der Waals surface area contributed by atoms with Crippen LogP contribution in [0.1, 0.15) is 26.5 Å². The van der Waals surface area contributed by atoms with Gasteiger partial charge in [0.05, 0.1) is 17.3 Å². The molecule has 1 aromatic rings. The highest BCUT2D eigenvalue weighted by Gasteiger charge is 2.18. The van der Waals surface area contributed by atoms with E-state index in [9.17, 15) is 0 Å². The molecule has 0 saturated heterocycles. The number of halogens is 1. The van der Waals surface area contributed by atoms with Crippen molar-refractivity contribution in [2.24, 2.45) is 0 Å². The Morgan fingerprint density at radius 1 is 1.46 bits per heavy atom. The molecular weight excluding hydrogens is 184 g/mol. The van der Waals surface area contributed by atoms with Crippen LogP contribution in [0.5, 0.6) is 0 Å². The lowest BCUT2D eigenvalue weighted by Gasteiger charge is -2.18.